The SMILES string of the molecule is CSCCCNC(=NCc1nnc(C)n1C)NC1CCN(C(=O)C2CCCC2)C1.I. The minimum atomic E-state index is 0. The third kappa shape index (κ3) is 7.00. The van der Waals surface area contributed by atoms with Crippen LogP contribution in [-0.2, 0) is 18.4 Å². The number of nitrogens with one attached hydrogen (secondary N) is 2. The third-order valence-electron chi connectivity index (χ3n) is 5.92. The number of hydrogen-bond donors (Lipinski definition) is 2. The molecule has 0 radical (unpaired) electrons. The second-order valence-electron chi connectivity index (χ2n) is 8.06. The first-order valence-electron chi connectivity index (χ1n) is 10.8. The van der Waals surface area contributed by atoms with Crippen molar-refractivity contribution in [3.8, 4) is 0 Å². The van der Waals surface area contributed by atoms with Gasteiger partial charge in [-0.05, 0) is 44.6 Å². The van der Waals surface area contributed by atoms with Crippen LogP contribution in [0.2, 0.25) is 0 Å². The molecule has 2 aliphatic rings. The van der Waals surface area contributed by atoms with Gasteiger partial charge in [-0.15, -0.1) is 34.2 Å². The Morgan fingerprint density at radius 2 is 2.03 bits per heavy atom. The summed E-state index contributed by atoms with van der Waals surface area (Å²) in [4.78, 5) is 19.5. The van der Waals surface area contributed by atoms with Gasteiger partial charge in [-0.25, -0.2) is 4.99 Å². The lowest BCUT2D eigenvalue weighted by Gasteiger charge is -2.21. The average molecular weight is 550 g/mol. The summed E-state index contributed by atoms with van der Waals surface area (Å²) in [5.74, 6) is 4.26. The molecule has 0 aromatic carbocycles. The van der Waals surface area contributed by atoms with E-state index >= 15 is 0 Å². The molecule has 170 valence electrons. The number of nitrogens with zero attached hydrogens (tertiary/aromatic N) is 5. The Morgan fingerprint density at radius 3 is 2.70 bits per heavy atom. The highest BCUT2D eigenvalue weighted by Gasteiger charge is 2.32. The van der Waals surface area contributed by atoms with Crippen LogP contribution in [-0.4, -0.2) is 69.2 Å². The van der Waals surface area contributed by atoms with Crippen LogP contribution in [0.15, 0.2) is 4.99 Å². The van der Waals surface area contributed by atoms with E-state index in [1.807, 2.05) is 35.2 Å². The summed E-state index contributed by atoms with van der Waals surface area (Å²) in [5.41, 5.74) is 0. The van der Waals surface area contributed by atoms with Gasteiger partial charge in [-0.2, -0.15) is 11.8 Å². The van der Waals surface area contributed by atoms with Crippen LogP contribution < -0.4 is 10.6 Å². The molecule has 0 spiro atoms. The number of aliphatic imine (C=N–C) groups is 1. The Morgan fingerprint density at radius 1 is 1.27 bits per heavy atom. The predicted molar refractivity (Wildman–Crippen MR) is 133 cm³/mol. The Balaban J connectivity index is 0.00000320. The lowest BCUT2D eigenvalue weighted by Crippen LogP contribution is -2.45. The first-order valence-corrected chi connectivity index (χ1v) is 12.1. The lowest BCUT2D eigenvalue weighted by atomic mass is 10.1. The number of rotatable bonds is 8. The van der Waals surface area contributed by atoms with Gasteiger partial charge in [0.2, 0.25) is 5.91 Å². The molecule has 10 heteroatoms. The van der Waals surface area contributed by atoms with Crippen LogP contribution in [0.3, 0.4) is 0 Å². The molecule has 2 N–H and O–H groups in total. The van der Waals surface area contributed by atoms with Crippen LogP contribution >= 0.6 is 35.7 Å². The molecule has 1 aliphatic heterocycles. The summed E-state index contributed by atoms with van der Waals surface area (Å²) in [6.45, 7) is 4.91. The summed E-state index contributed by atoms with van der Waals surface area (Å²) in [6.07, 6.45) is 8.70. The molecule has 8 nitrogen and oxygen atoms in total. The zero-order valence-corrected chi connectivity index (χ0v) is 21.5. The number of hydrogen-bond acceptors (Lipinski definition) is 5. The maximum atomic E-state index is 12.7. The molecule has 1 aromatic rings. The number of likely N-dealkylation sites (tertiary alicyclic amines) is 1. The molecule has 1 aliphatic carbocycles. The molecule has 1 unspecified atom stereocenters. The zero-order valence-electron chi connectivity index (χ0n) is 18.4. The smallest absolute Gasteiger partial charge is 0.225 e. The number of aryl methyl sites for hydroxylation is 1. The lowest BCUT2D eigenvalue weighted by molar-refractivity contribution is -0.134. The summed E-state index contributed by atoms with van der Waals surface area (Å²) >= 11 is 1.85. The van der Waals surface area contributed by atoms with E-state index in [4.69, 9.17) is 4.99 Å². The number of halogens is 1. The predicted octanol–water partition coefficient (Wildman–Crippen LogP) is 2.32. The fourth-order valence-corrected chi connectivity index (χ4v) is 4.45. The van der Waals surface area contributed by atoms with Crippen molar-refractivity contribution in [3.05, 3.63) is 11.6 Å². The van der Waals surface area contributed by atoms with Crippen molar-refractivity contribution in [3.63, 3.8) is 0 Å². The van der Waals surface area contributed by atoms with Crippen molar-refractivity contribution in [2.75, 3.05) is 31.6 Å². The summed E-state index contributed by atoms with van der Waals surface area (Å²) in [5, 5.41) is 15.3. The normalized spacial score (nSPS) is 19.8. The number of guanidine groups is 1. The van der Waals surface area contributed by atoms with Gasteiger partial charge in [0.15, 0.2) is 11.8 Å². The maximum Gasteiger partial charge on any atom is 0.225 e. The van der Waals surface area contributed by atoms with Crippen LogP contribution in [0.25, 0.3) is 0 Å². The van der Waals surface area contributed by atoms with Crippen molar-refractivity contribution >= 4 is 47.6 Å². The molecular formula is C20H36IN7OS. The molecule has 1 amide bonds. The second kappa shape index (κ2) is 12.7. The minimum Gasteiger partial charge on any atom is -0.356 e. The fourth-order valence-electron chi connectivity index (χ4n) is 4.02. The first-order chi connectivity index (χ1) is 14.1. The molecule has 2 fully saturated rings. The fraction of sp³-hybridized carbons (Fsp3) is 0.800. The van der Waals surface area contributed by atoms with E-state index in [9.17, 15) is 4.79 Å². The van der Waals surface area contributed by atoms with Gasteiger partial charge in [0.25, 0.3) is 0 Å². The average Bonchev–Trinajstić information content (AvgIpc) is 3.47. The number of aromatic nitrogens is 3. The maximum absolute atomic E-state index is 12.7. The highest BCUT2D eigenvalue weighted by Crippen LogP contribution is 2.27. The molecule has 0 bridgehead atoms. The van der Waals surface area contributed by atoms with Crippen LogP contribution in [0.4, 0.5) is 0 Å². The summed E-state index contributed by atoms with van der Waals surface area (Å²) in [7, 11) is 1.96. The molecule has 1 saturated carbocycles. The topological polar surface area (TPSA) is 87.4 Å². The van der Waals surface area contributed by atoms with Crippen LogP contribution in [0.1, 0.15) is 50.2 Å². The van der Waals surface area contributed by atoms with Crippen molar-refractivity contribution in [2.45, 2.75) is 58.0 Å². The molecular weight excluding hydrogens is 513 g/mol. The molecule has 1 aromatic heterocycles. The number of amides is 1. The highest BCUT2D eigenvalue weighted by molar-refractivity contribution is 14.0. The molecule has 1 saturated heterocycles. The van der Waals surface area contributed by atoms with Crippen molar-refractivity contribution in [2.24, 2.45) is 18.0 Å². The molecule has 1 atom stereocenters. The monoisotopic (exact) mass is 549 g/mol. The summed E-state index contributed by atoms with van der Waals surface area (Å²) in [6, 6.07) is 0.244. The Bertz CT molecular complexity index is 705. The van der Waals surface area contributed by atoms with E-state index in [0.29, 0.717) is 12.5 Å². The third-order valence-corrected chi connectivity index (χ3v) is 6.62. The van der Waals surface area contributed by atoms with Gasteiger partial charge in [0.1, 0.15) is 12.4 Å². The van der Waals surface area contributed by atoms with Gasteiger partial charge < -0.3 is 20.1 Å². The van der Waals surface area contributed by atoms with Crippen LogP contribution in [0, 0.1) is 12.8 Å². The van der Waals surface area contributed by atoms with Gasteiger partial charge >= 0.3 is 0 Å². The standard InChI is InChI=1S/C20H35N7OS.HI/c1-15-24-25-18(26(15)2)13-22-20(21-10-6-12-29-3)23-17-9-11-27(14-17)19(28)16-7-4-5-8-16;/h16-17H,4-14H2,1-3H3,(H2,21,22,23);1H. The van der Waals surface area contributed by atoms with Crippen molar-refractivity contribution < 1.29 is 4.79 Å². The van der Waals surface area contributed by atoms with Crippen molar-refractivity contribution in [1.29, 1.82) is 0 Å². The Labute approximate surface area is 201 Å². The highest BCUT2D eigenvalue weighted by atomic mass is 127. The van der Waals surface area contributed by atoms with E-state index in [1.54, 1.807) is 0 Å². The zero-order chi connectivity index (χ0) is 20.6. The van der Waals surface area contributed by atoms with Gasteiger partial charge in [-0.3, -0.25) is 4.79 Å². The van der Waals surface area contributed by atoms with Crippen molar-refractivity contribution in [1.82, 2.24) is 30.3 Å². The molecule has 30 heavy (non-hydrogen) atoms. The van der Waals surface area contributed by atoms with E-state index in [0.717, 1.165) is 68.7 Å². The molecule has 2 heterocycles. The second-order valence-corrected chi connectivity index (χ2v) is 9.04. The van der Waals surface area contributed by atoms with Gasteiger partial charge in [0, 0.05) is 38.6 Å². The van der Waals surface area contributed by atoms with E-state index in [2.05, 4.69) is 27.1 Å². The van der Waals surface area contributed by atoms with Crippen LogP contribution in [0.5, 0.6) is 0 Å². The van der Waals surface area contributed by atoms with E-state index < -0.39 is 0 Å². The number of carbonyl (C=O) groups excluding carboxylic acids is 1. The van der Waals surface area contributed by atoms with Gasteiger partial charge in [0.05, 0.1) is 0 Å². The summed E-state index contributed by atoms with van der Waals surface area (Å²) < 4.78 is 1.96. The van der Waals surface area contributed by atoms with E-state index in [-0.39, 0.29) is 35.9 Å². The molecule has 3 rings (SSSR count). The first kappa shape index (κ1) is 25.2. The Hall–Kier alpha value is -1.04. The largest absolute Gasteiger partial charge is 0.356 e. The Kier molecular flexibility index (Phi) is 10.7. The minimum absolute atomic E-state index is 0. The van der Waals surface area contributed by atoms with Gasteiger partial charge in [-0.1, -0.05) is 12.8 Å². The quantitative estimate of drug-likeness (QED) is 0.224. The van der Waals surface area contributed by atoms with E-state index in [1.165, 1.54) is 12.8 Å². The number of carbonyl (C=O) groups is 1. The number of thioether (sulfide) groups is 1.